The number of aromatic nitrogens is 1. The van der Waals surface area contributed by atoms with Crippen LogP contribution >= 0.6 is 0 Å². The number of nitrogens with zero attached hydrogens (tertiary/aromatic N) is 2. The fraction of sp³-hybridized carbons (Fsp3) is 0.538. The van der Waals surface area contributed by atoms with E-state index in [0.717, 1.165) is 13.0 Å². The van der Waals surface area contributed by atoms with Gasteiger partial charge in [0.15, 0.2) is 0 Å². The minimum atomic E-state index is -0.177. The number of nitrogens with one attached hydrogen (secondary N) is 2. The smallest absolute Gasteiger partial charge is 0.269 e. The molecular formula is C13H23N5O. The molecule has 1 amide bonds. The molecule has 6 nitrogen and oxygen atoms in total. The number of amides is 1. The van der Waals surface area contributed by atoms with Gasteiger partial charge in [0.2, 0.25) is 0 Å². The van der Waals surface area contributed by atoms with Gasteiger partial charge >= 0.3 is 0 Å². The Balaban J connectivity index is 2.35. The highest BCUT2D eigenvalue weighted by atomic mass is 16.1. The van der Waals surface area contributed by atoms with Crippen molar-refractivity contribution in [2.24, 2.45) is 5.84 Å². The van der Waals surface area contributed by atoms with Gasteiger partial charge < -0.3 is 15.6 Å². The summed E-state index contributed by atoms with van der Waals surface area (Å²) < 4.78 is 0. The lowest BCUT2D eigenvalue weighted by atomic mass is 10.3. The minimum Gasteiger partial charge on any atom is -0.351 e. The minimum absolute atomic E-state index is 0.177. The zero-order valence-corrected chi connectivity index (χ0v) is 11.8. The average molecular weight is 265 g/mol. The third-order valence-electron chi connectivity index (χ3n) is 2.98. The first-order chi connectivity index (χ1) is 9.04. The molecule has 0 saturated carbocycles. The van der Waals surface area contributed by atoms with Crippen molar-refractivity contribution >= 4 is 11.7 Å². The highest BCUT2D eigenvalue weighted by Gasteiger charge is 2.07. The first-order valence-electron chi connectivity index (χ1n) is 6.46. The van der Waals surface area contributed by atoms with Crippen molar-refractivity contribution in [2.75, 3.05) is 25.6 Å². The Morgan fingerprint density at radius 2 is 2.21 bits per heavy atom. The molecular weight excluding hydrogens is 242 g/mol. The second kappa shape index (κ2) is 7.70. The van der Waals surface area contributed by atoms with Crippen LogP contribution in [0.5, 0.6) is 0 Å². The van der Waals surface area contributed by atoms with Gasteiger partial charge in [-0.25, -0.2) is 10.8 Å². The van der Waals surface area contributed by atoms with Crippen molar-refractivity contribution in [2.45, 2.75) is 26.3 Å². The van der Waals surface area contributed by atoms with E-state index in [1.165, 1.54) is 0 Å². The molecule has 1 heterocycles. The summed E-state index contributed by atoms with van der Waals surface area (Å²) in [5.41, 5.74) is 2.79. The van der Waals surface area contributed by atoms with Crippen LogP contribution < -0.4 is 16.6 Å². The lowest BCUT2D eigenvalue weighted by Crippen LogP contribution is -2.31. The van der Waals surface area contributed by atoms with E-state index in [9.17, 15) is 4.79 Å². The fourth-order valence-corrected chi connectivity index (χ4v) is 1.52. The van der Waals surface area contributed by atoms with Gasteiger partial charge in [0.25, 0.3) is 5.91 Å². The number of nitrogen functional groups attached to an aromatic ring is 1. The largest absolute Gasteiger partial charge is 0.351 e. The predicted octanol–water partition coefficient (Wildman–Crippen LogP) is 0.827. The molecule has 4 N–H and O–H groups in total. The number of carbonyl (C=O) groups is 1. The van der Waals surface area contributed by atoms with Crippen molar-refractivity contribution in [1.29, 1.82) is 0 Å². The van der Waals surface area contributed by atoms with Crippen LogP contribution in [-0.2, 0) is 0 Å². The fourth-order valence-electron chi connectivity index (χ4n) is 1.52. The number of hydrazine groups is 1. The molecule has 0 aromatic carbocycles. The topological polar surface area (TPSA) is 83.3 Å². The van der Waals surface area contributed by atoms with Crippen LogP contribution in [0, 0.1) is 0 Å². The Bertz CT molecular complexity index is 408. The first kappa shape index (κ1) is 15.4. The summed E-state index contributed by atoms with van der Waals surface area (Å²) in [5, 5.41) is 2.85. The highest BCUT2D eigenvalue weighted by Crippen LogP contribution is 2.03. The SMILES string of the molecule is CC(C)N(C)CCCNC(=O)c1cccc(NN)n1. The van der Waals surface area contributed by atoms with E-state index < -0.39 is 0 Å². The number of anilines is 1. The van der Waals surface area contributed by atoms with E-state index in [4.69, 9.17) is 5.84 Å². The van der Waals surface area contributed by atoms with Gasteiger partial charge in [-0.1, -0.05) is 6.07 Å². The summed E-state index contributed by atoms with van der Waals surface area (Å²) in [6.45, 7) is 5.88. The number of hydrogen-bond donors (Lipinski definition) is 3. The van der Waals surface area contributed by atoms with Crippen LogP contribution in [0.25, 0.3) is 0 Å². The van der Waals surface area contributed by atoms with Gasteiger partial charge in [-0.3, -0.25) is 4.79 Å². The molecule has 0 radical (unpaired) electrons. The number of carbonyl (C=O) groups excluding carboxylic acids is 1. The molecule has 1 aromatic rings. The molecule has 0 atom stereocenters. The molecule has 0 spiro atoms. The van der Waals surface area contributed by atoms with Crippen molar-refractivity contribution in [3.05, 3.63) is 23.9 Å². The first-order valence-corrected chi connectivity index (χ1v) is 6.46. The van der Waals surface area contributed by atoms with Crippen LogP contribution in [0.2, 0.25) is 0 Å². The Hall–Kier alpha value is -1.66. The molecule has 0 aliphatic carbocycles. The summed E-state index contributed by atoms with van der Waals surface area (Å²) in [4.78, 5) is 18.1. The third kappa shape index (κ3) is 5.23. The zero-order valence-electron chi connectivity index (χ0n) is 11.8. The standard InChI is InChI=1S/C13H23N5O/c1-10(2)18(3)9-5-8-15-13(19)11-6-4-7-12(16-11)17-14/h4,6-7,10H,5,8-9,14H2,1-3H3,(H,15,19)(H,16,17). The van der Waals surface area contributed by atoms with E-state index in [0.29, 0.717) is 24.1 Å². The molecule has 19 heavy (non-hydrogen) atoms. The summed E-state index contributed by atoms with van der Waals surface area (Å²) >= 11 is 0. The molecule has 0 bridgehead atoms. The maximum Gasteiger partial charge on any atom is 0.269 e. The monoisotopic (exact) mass is 265 g/mol. The normalized spacial score (nSPS) is 10.8. The number of nitrogens with two attached hydrogens (primary N) is 1. The molecule has 1 aromatic heterocycles. The van der Waals surface area contributed by atoms with Crippen LogP contribution in [0.4, 0.5) is 5.82 Å². The Morgan fingerprint density at radius 3 is 2.84 bits per heavy atom. The van der Waals surface area contributed by atoms with E-state index >= 15 is 0 Å². The lowest BCUT2D eigenvalue weighted by Gasteiger charge is -2.20. The van der Waals surface area contributed by atoms with E-state index in [1.54, 1.807) is 18.2 Å². The molecule has 0 aliphatic rings. The van der Waals surface area contributed by atoms with Crippen LogP contribution in [0.3, 0.4) is 0 Å². The van der Waals surface area contributed by atoms with Gasteiger partial charge in [-0.15, -0.1) is 0 Å². The van der Waals surface area contributed by atoms with E-state index in [-0.39, 0.29) is 5.91 Å². The maximum absolute atomic E-state index is 11.8. The molecule has 0 aliphatic heterocycles. The number of pyridine rings is 1. The molecule has 0 unspecified atom stereocenters. The van der Waals surface area contributed by atoms with Crippen LogP contribution in [-0.4, -0.2) is 42.0 Å². The molecule has 0 saturated heterocycles. The summed E-state index contributed by atoms with van der Waals surface area (Å²) in [6, 6.07) is 5.62. The van der Waals surface area contributed by atoms with Gasteiger partial charge in [0.05, 0.1) is 0 Å². The van der Waals surface area contributed by atoms with Crippen LogP contribution in [0.1, 0.15) is 30.8 Å². The molecule has 0 fully saturated rings. The number of rotatable bonds is 7. The lowest BCUT2D eigenvalue weighted by molar-refractivity contribution is 0.0947. The predicted molar refractivity (Wildman–Crippen MR) is 76.8 cm³/mol. The number of hydrogen-bond acceptors (Lipinski definition) is 5. The maximum atomic E-state index is 11.8. The van der Waals surface area contributed by atoms with Gasteiger partial charge in [0.1, 0.15) is 11.5 Å². The Labute approximate surface area is 114 Å². The second-order valence-electron chi connectivity index (χ2n) is 4.74. The van der Waals surface area contributed by atoms with Gasteiger partial charge in [-0.05, 0) is 46.0 Å². The van der Waals surface area contributed by atoms with Gasteiger partial charge in [0, 0.05) is 12.6 Å². The van der Waals surface area contributed by atoms with Crippen LogP contribution in [0.15, 0.2) is 18.2 Å². The zero-order chi connectivity index (χ0) is 14.3. The van der Waals surface area contributed by atoms with Crippen molar-refractivity contribution in [1.82, 2.24) is 15.2 Å². The van der Waals surface area contributed by atoms with Crippen molar-refractivity contribution in [3.63, 3.8) is 0 Å². The third-order valence-corrected chi connectivity index (χ3v) is 2.98. The van der Waals surface area contributed by atoms with Crippen molar-refractivity contribution in [3.8, 4) is 0 Å². The van der Waals surface area contributed by atoms with E-state index in [2.05, 4.69) is 41.5 Å². The van der Waals surface area contributed by atoms with E-state index in [1.807, 2.05) is 0 Å². The summed E-state index contributed by atoms with van der Waals surface area (Å²) in [7, 11) is 2.07. The molecule has 6 heteroatoms. The quantitative estimate of drug-likeness (QED) is 0.386. The Morgan fingerprint density at radius 1 is 1.47 bits per heavy atom. The average Bonchev–Trinajstić information content (AvgIpc) is 2.42. The highest BCUT2D eigenvalue weighted by molar-refractivity contribution is 5.92. The molecule has 1 rings (SSSR count). The molecule has 106 valence electrons. The summed E-state index contributed by atoms with van der Waals surface area (Å²) in [6.07, 6.45) is 0.912. The van der Waals surface area contributed by atoms with Gasteiger partial charge in [-0.2, -0.15) is 0 Å². The second-order valence-corrected chi connectivity index (χ2v) is 4.74. The van der Waals surface area contributed by atoms with Crippen molar-refractivity contribution < 1.29 is 4.79 Å². The Kier molecular flexibility index (Phi) is 6.24. The summed E-state index contributed by atoms with van der Waals surface area (Å²) in [5.74, 6) is 5.55.